The molecular formula is C31H30N4O. The molecule has 0 radical (unpaired) electrons. The first-order valence-corrected chi connectivity index (χ1v) is 12.6. The molecule has 6 rings (SSSR count). The van der Waals surface area contributed by atoms with Gasteiger partial charge >= 0.3 is 0 Å². The van der Waals surface area contributed by atoms with Gasteiger partial charge in [0, 0.05) is 30.8 Å². The first-order chi connectivity index (χ1) is 17.6. The van der Waals surface area contributed by atoms with Gasteiger partial charge in [-0.15, -0.1) is 0 Å². The number of hydrogen-bond donors (Lipinski definition) is 0. The van der Waals surface area contributed by atoms with Gasteiger partial charge in [0.25, 0.3) is 0 Å². The highest BCUT2D eigenvalue weighted by molar-refractivity contribution is 6.13. The summed E-state index contributed by atoms with van der Waals surface area (Å²) in [7, 11) is 0. The average Bonchev–Trinajstić information content (AvgIpc) is 3.15. The number of hydrogen-bond acceptors (Lipinski definition) is 4. The van der Waals surface area contributed by atoms with Crippen LogP contribution in [-0.4, -0.2) is 33.9 Å². The Hall–Kier alpha value is -3.83. The largest absolute Gasteiger partial charge is 0.297 e. The molecule has 1 spiro atoms. The summed E-state index contributed by atoms with van der Waals surface area (Å²) in [5.41, 5.74) is 8.41. The van der Waals surface area contributed by atoms with E-state index in [0.717, 1.165) is 71.8 Å². The fourth-order valence-corrected chi connectivity index (χ4v) is 5.83. The molecule has 2 aliphatic heterocycles. The van der Waals surface area contributed by atoms with Gasteiger partial charge < -0.3 is 0 Å². The zero-order chi connectivity index (χ0) is 24.7. The summed E-state index contributed by atoms with van der Waals surface area (Å²) < 4.78 is 0. The van der Waals surface area contributed by atoms with E-state index < -0.39 is 5.41 Å². The van der Waals surface area contributed by atoms with E-state index in [2.05, 4.69) is 77.2 Å². The Morgan fingerprint density at radius 2 is 1.64 bits per heavy atom. The summed E-state index contributed by atoms with van der Waals surface area (Å²) in [4.78, 5) is 27.3. The molecule has 1 fully saturated rings. The van der Waals surface area contributed by atoms with E-state index in [-0.39, 0.29) is 5.91 Å². The minimum absolute atomic E-state index is 0.199. The average molecular weight is 475 g/mol. The summed E-state index contributed by atoms with van der Waals surface area (Å²) in [6.07, 6.45) is 7.21. The molecule has 0 saturated carbocycles. The zero-order valence-corrected chi connectivity index (χ0v) is 20.8. The summed E-state index contributed by atoms with van der Waals surface area (Å²) in [6.45, 7) is 6.78. The number of likely N-dealkylation sites (tertiary alicyclic amines) is 1. The lowest BCUT2D eigenvalue weighted by atomic mass is 9.73. The minimum Gasteiger partial charge on any atom is -0.297 e. The van der Waals surface area contributed by atoms with Gasteiger partial charge in [0.15, 0.2) is 0 Å². The molecule has 4 heterocycles. The Balaban J connectivity index is 1.27. The highest BCUT2D eigenvalue weighted by Gasteiger charge is 2.52. The SMILES string of the molecule is Cc1cnccc1-c1ccc(N2C(=O)C3(CCN(Cc4ncccc4C)CC3)c3ccccc32)cc1. The van der Waals surface area contributed by atoms with E-state index in [1.165, 1.54) is 5.56 Å². The van der Waals surface area contributed by atoms with Crippen molar-refractivity contribution in [3.63, 3.8) is 0 Å². The smallest absolute Gasteiger partial charge is 0.242 e. The fourth-order valence-electron chi connectivity index (χ4n) is 5.83. The second-order valence-corrected chi connectivity index (χ2v) is 10.0. The number of aromatic nitrogens is 2. The quantitative estimate of drug-likeness (QED) is 0.366. The Bertz CT molecular complexity index is 1420. The first-order valence-electron chi connectivity index (χ1n) is 12.6. The lowest BCUT2D eigenvalue weighted by Gasteiger charge is -2.38. The number of anilines is 2. The monoisotopic (exact) mass is 474 g/mol. The molecule has 0 N–H and O–H groups in total. The van der Waals surface area contributed by atoms with Crippen LogP contribution in [0.25, 0.3) is 11.1 Å². The molecule has 2 aromatic carbocycles. The number of carbonyl (C=O) groups excluding carboxylic acids is 1. The van der Waals surface area contributed by atoms with Crippen LogP contribution < -0.4 is 4.90 Å². The molecule has 0 atom stereocenters. The normalized spacial score (nSPS) is 16.9. The topological polar surface area (TPSA) is 49.3 Å². The van der Waals surface area contributed by atoms with Crippen molar-refractivity contribution in [1.82, 2.24) is 14.9 Å². The Morgan fingerprint density at radius 3 is 2.39 bits per heavy atom. The third kappa shape index (κ3) is 3.71. The molecule has 0 bridgehead atoms. The summed E-state index contributed by atoms with van der Waals surface area (Å²) >= 11 is 0. The van der Waals surface area contributed by atoms with Crippen molar-refractivity contribution < 1.29 is 4.79 Å². The number of amides is 1. The second-order valence-electron chi connectivity index (χ2n) is 10.0. The predicted molar refractivity (Wildman–Crippen MR) is 143 cm³/mol. The molecule has 2 aliphatic rings. The number of fused-ring (bicyclic) bond motifs is 2. The number of pyridine rings is 2. The van der Waals surface area contributed by atoms with Crippen LogP contribution in [0.15, 0.2) is 85.3 Å². The van der Waals surface area contributed by atoms with E-state index in [0.29, 0.717) is 0 Å². The molecular weight excluding hydrogens is 444 g/mol. The van der Waals surface area contributed by atoms with Crippen molar-refractivity contribution in [2.75, 3.05) is 18.0 Å². The van der Waals surface area contributed by atoms with Crippen molar-refractivity contribution in [3.8, 4) is 11.1 Å². The Morgan fingerprint density at radius 1 is 0.861 bits per heavy atom. The van der Waals surface area contributed by atoms with Crippen molar-refractivity contribution in [2.45, 2.75) is 38.6 Å². The molecule has 180 valence electrons. The minimum atomic E-state index is -0.466. The number of rotatable bonds is 4. The summed E-state index contributed by atoms with van der Waals surface area (Å²) in [5, 5.41) is 0. The highest BCUT2D eigenvalue weighted by Crippen LogP contribution is 2.50. The van der Waals surface area contributed by atoms with Gasteiger partial charge in [-0.2, -0.15) is 0 Å². The predicted octanol–water partition coefficient (Wildman–Crippen LogP) is 5.97. The maximum absolute atomic E-state index is 14.2. The summed E-state index contributed by atoms with van der Waals surface area (Å²) in [5.74, 6) is 0.199. The molecule has 1 saturated heterocycles. The third-order valence-electron chi connectivity index (χ3n) is 7.93. The zero-order valence-electron chi connectivity index (χ0n) is 20.8. The molecule has 2 aromatic heterocycles. The molecule has 5 heteroatoms. The van der Waals surface area contributed by atoms with Crippen molar-refractivity contribution in [1.29, 1.82) is 0 Å². The van der Waals surface area contributed by atoms with Crippen LogP contribution in [0.2, 0.25) is 0 Å². The Labute approximate surface area is 212 Å². The number of benzene rings is 2. The van der Waals surface area contributed by atoms with Crippen molar-refractivity contribution in [3.05, 3.63) is 108 Å². The van der Waals surface area contributed by atoms with E-state index in [1.54, 1.807) is 0 Å². The van der Waals surface area contributed by atoms with Crippen LogP contribution >= 0.6 is 0 Å². The van der Waals surface area contributed by atoms with Crippen LogP contribution in [-0.2, 0) is 16.8 Å². The molecule has 1 amide bonds. The Kier molecular flexibility index (Phi) is 5.65. The van der Waals surface area contributed by atoms with Crippen LogP contribution in [0.3, 0.4) is 0 Å². The highest BCUT2D eigenvalue weighted by atomic mass is 16.2. The number of aryl methyl sites for hydroxylation is 2. The lowest BCUT2D eigenvalue weighted by molar-refractivity contribution is -0.124. The number of para-hydroxylation sites is 1. The van der Waals surface area contributed by atoms with Crippen LogP contribution in [0, 0.1) is 13.8 Å². The van der Waals surface area contributed by atoms with Gasteiger partial charge in [-0.05, 0) is 97.9 Å². The standard InChI is InChI=1S/C31H30N4O/c1-22-6-5-16-33-28(22)21-34-18-14-31(15-19-34)27-7-3-4-8-29(27)35(30(31)36)25-11-9-24(10-12-25)26-13-17-32-20-23(26)2/h3-13,16-17,20H,14-15,18-19,21H2,1-2H3. The maximum Gasteiger partial charge on any atom is 0.242 e. The van der Waals surface area contributed by atoms with Gasteiger partial charge in [-0.1, -0.05) is 36.4 Å². The van der Waals surface area contributed by atoms with E-state index in [9.17, 15) is 4.79 Å². The lowest BCUT2D eigenvalue weighted by Crippen LogP contribution is -2.47. The molecule has 5 nitrogen and oxygen atoms in total. The summed E-state index contributed by atoms with van der Waals surface area (Å²) in [6, 6.07) is 22.8. The van der Waals surface area contributed by atoms with Crippen molar-refractivity contribution >= 4 is 17.3 Å². The number of carbonyl (C=O) groups is 1. The van der Waals surface area contributed by atoms with Gasteiger partial charge in [0.1, 0.15) is 0 Å². The van der Waals surface area contributed by atoms with Crippen molar-refractivity contribution in [2.24, 2.45) is 0 Å². The second kappa shape index (κ2) is 8.99. The van der Waals surface area contributed by atoms with Gasteiger partial charge in [0.2, 0.25) is 5.91 Å². The van der Waals surface area contributed by atoms with Crippen LogP contribution in [0.5, 0.6) is 0 Å². The molecule has 36 heavy (non-hydrogen) atoms. The number of nitrogens with zero attached hydrogens (tertiary/aromatic N) is 4. The molecule has 0 aliphatic carbocycles. The van der Waals surface area contributed by atoms with Crippen LogP contribution in [0.4, 0.5) is 11.4 Å². The van der Waals surface area contributed by atoms with Gasteiger partial charge in [0.05, 0.1) is 16.8 Å². The van der Waals surface area contributed by atoms with Gasteiger partial charge in [-0.25, -0.2) is 0 Å². The molecule has 4 aromatic rings. The van der Waals surface area contributed by atoms with E-state index in [4.69, 9.17) is 0 Å². The number of piperidine rings is 1. The first kappa shape index (κ1) is 22.6. The van der Waals surface area contributed by atoms with E-state index in [1.807, 2.05) is 41.7 Å². The van der Waals surface area contributed by atoms with Crippen LogP contribution in [0.1, 0.15) is 35.2 Å². The maximum atomic E-state index is 14.2. The van der Waals surface area contributed by atoms with E-state index >= 15 is 0 Å². The fraction of sp³-hybridized carbons (Fsp3) is 0.258. The molecule has 0 unspecified atom stereocenters. The van der Waals surface area contributed by atoms with Gasteiger partial charge in [-0.3, -0.25) is 24.6 Å². The third-order valence-corrected chi connectivity index (χ3v) is 7.93.